The minimum Gasteiger partial charge on any atom is -0.354 e. The summed E-state index contributed by atoms with van der Waals surface area (Å²) >= 11 is 0. The molecule has 0 atom stereocenters. The summed E-state index contributed by atoms with van der Waals surface area (Å²) in [6.07, 6.45) is 2.15. The number of nitrogens with zero attached hydrogens (tertiary/aromatic N) is 1. The molecule has 0 spiro atoms. The Morgan fingerprint density at radius 3 is 2.36 bits per heavy atom. The van der Waals surface area contributed by atoms with Crippen LogP contribution < -0.4 is 10.6 Å². The van der Waals surface area contributed by atoms with Gasteiger partial charge in [0, 0.05) is 23.0 Å². The number of hydrogen-bond acceptors (Lipinski definition) is 3. The Kier molecular flexibility index (Phi) is 5.02. The molecule has 3 aromatic carbocycles. The van der Waals surface area contributed by atoms with Crippen LogP contribution in [0.1, 0.15) is 11.1 Å². The molecule has 1 aromatic heterocycles. The third-order valence-electron chi connectivity index (χ3n) is 4.57. The summed E-state index contributed by atoms with van der Waals surface area (Å²) in [5.41, 5.74) is 5.79. The van der Waals surface area contributed by atoms with E-state index in [-0.39, 0.29) is 5.91 Å². The SMILES string of the molecule is Cc1ccc(CC(=O)Nc2ccc(Nc3cccc4cccnc34)cc2)cc1. The Hall–Kier alpha value is -3.66. The van der Waals surface area contributed by atoms with Crippen molar-refractivity contribution in [3.8, 4) is 0 Å². The number of nitrogens with one attached hydrogen (secondary N) is 2. The zero-order chi connectivity index (χ0) is 19.3. The molecule has 0 aliphatic rings. The molecule has 1 amide bonds. The molecule has 138 valence electrons. The zero-order valence-corrected chi connectivity index (χ0v) is 15.6. The lowest BCUT2D eigenvalue weighted by Gasteiger charge is -2.10. The molecule has 4 rings (SSSR count). The van der Waals surface area contributed by atoms with Crippen molar-refractivity contribution in [1.29, 1.82) is 0 Å². The van der Waals surface area contributed by atoms with Crippen LogP contribution in [-0.2, 0) is 11.2 Å². The number of rotatable bonds is 5. The van der Waals surface area contributed by atoms with Crippen molar-refractivity contribution in [3.05, 3.63) is 96.2 Å². The molecular formula is C24H21N3O. The van der Waals surface area contributed by atoms with E-state index in [0.717, 1.165) is 33.5 Å². The van der Waals surface area contributed by atoms with Crippen LogP contribution in [0, 0.1) is 6.92 Å². The van der Waals surface area contributed by atoms with Gasteiger partial charge in [-0.25, -0.2) is 0 Å². The highest BCUT2D eigenvalue weighted by molar-refractivity contribution is 5.93. The van der Waals surface area contributed by atoms with E-state index in [2.05, 4.69) is 15.6 Å². The number of pyridine rings is 1. The van der Waals surface area contributed by atoms with Crippen LogP contribution in [-0.4, -0.2) is 10.9 Å². The molecule has 0 aliphatic carbocycles. The van der Waals surface area contributed by atoms with Crippen molar-refractivity contribution in [1.82, 2.24) is 4.98 Å². The largest absolute Gasteiger partial charge is 0.354 e. The van der Waals surface area contributed by atoms with Crippen molar-refractivity contribution < 1.29 is 4.79 Å². The molecule has 4 aromatic rings. The number of aromatic nitrogens is 1. The predicted molar refractivity (Wildman–Crippen MR) is 115 cm³/mol. The zero-order valence-electron chi connectivity index (χ0n) is 15.6. The van der Waals surface area contributed by atoms with Crippen LogP contribution in [0.15, 0.2) is 85.1 Å². The molecule has 0 aliphatic heterocycles. The maximum atomic E-state index is 12.3. The van der Waals surface area contributed by atoms with Crippen LogP contribution in [0.2, 0.25) is 0 Å². The van der Waals surface area contributed by atoms with Gasteiger partial charge in [0.15, 0.2) is 0 Å². The number of fused-ring (bicyclic) bond motifs is 1. The highest BCUT2D eigenvalue weighted by Crippen LogP contribution is 2.25. The predicted octanol–water partition coefficient (Wildman–Crippen LogP) is 5.47. The lowest BCUT2D eigenvalue weighted by Crippen LogP contribution is -2.14. The van der Waals surface area contributed by atoms with Crippen LogP contribution in [0.4, 0.5) is 17.1 Å². The number of amides is 1. The number of benzene rings is 3. The molecule has 4 heteroatoms. The minimum absolute atomic E-state index is 0.0252. The van der Waals surface area contributed by atoms with Gasteiger partial charge in [-0.2, -0.15) is 0 Å². The number of anilines is 3. The fourth-order valence-electron chi connectivity index (χ4n) is 3.09. The van der Waals surface area contributed by atoms with E-state index in [0.29, 0.717) is 6.42 Å². The van der Waals surface area contributed by atoms with Gasteiger partial charge in [-0.3, -0.25) is 9.78 Å². The molecule has 4 nitrogen and oxygen atoms in total. The maximum absolute atomic E-state index is 12.3. The molecule has 28 heavy (non-hydrogen) atoms. The molecule has 0 saturated heterocycles. The second-order valence-electron chi connectivity index (χ2n) is 6.79. The first-order chi connectivity index (χ1) is 13.7. The highest BCUT2D eigenvalue weighted by Gasteiger charge is 2.05. The van der Waals surface area contributed by atoms with Crippen LogP contribution in [0.3, 0.4) is 0 Å². The van der Waals surface area contributed by atoms with Gasteiger partial charge in [-0.05, 0) is 48.9 Å². The minimum atomic E-state index is -0.0252. The fourth-order valence-corrected chi connectivity index (χ4v) is 3.09. The number of hydrogen-bond donors (Lipinski definition) is 2. The molecule has 0 bridgehead atoms. The Morgan fingerprint density at radius 2 is 1.57 bits per heavy atom. The number of carbonyl (C=O) groups excluding carboxylic acids is 1. The molecule has 0 saturated carbocycles. The molecule has 0 unspecified atom stereocenters. The maximum Gasteiger partial charge on any atom is 0.228 e. The number of aryl methyl sites for hydroxylation is 1. The first kappa shape index (κ1) is 17.7. The Balaban J connectivity index is 1.42. The fraction of sp³-hybridized carbons (Fsp3) is 0.0833. The smallest absolute Gasteiger partial charge is 0.228 e. The van der Waals surface area contributed by atoms with E-state index in [1.54, 1.807) is 6.20 Å². The van der Waals surface area contributed by atoms with Crippen molar-refractivity contribution in [2.45, 2.75) is 13.3 Å². The van der Waals surface area contributed by atoms with Gasteiger partial charge in [0.1, 0.15) is 0 Å². The van der Waals surface area contributed by atoms with Gasteiger partial charge in [0.25, 0.3) is 0 Å². The summed E-state index contributed by atoms with van der Waals surface area (Å²) in [5.74, 6) is -0.0252. The van der Waals surface area contributed by atoms with E-state index < -0.39 is 0 Å². The van der Waals surface area contributed by atoms with Gasteiger partial charge in [0.2, 0.25) is 5.91 Å². The standard InChI is InChI=1S/C24H21N3O/c1-17-7-9-18(10-8-17)16-23(28)27-21-13-11-20(12-14-21)26-22-6-2-4-19-5-3-15-25-24(19)22/h2-15,26H,16H2,1H3,(H,27,28). The summed E-state index contributed by atoms with van der Waals surface area (Å²) in [4.78, 5) is 16.7. The monoisotopic (exact) mass is 367 g/mol. The molecular weight excluding hydrogens is 346 g/mol. The van der Waals surface area contributed by atoms with Crippen LogP contribution >= 0.6 is 0 Å². The van der Waals surface area contributed by atoms with Crippen molar-refractivity contribution in [2.75, 3.05) is 10.6 Å². The number of carbonyl (C=O) groups is 1. The van der Waals surface area contributed by atoms with Crippen LogP contribution in [0.5, 0.6) is 0 Å². The third-order valence-corrected chi connectivity index (χ3v) is 4.57. The topological polar surface area (TPSA) is 54.0 Å². The number of para-hydroxylation sites is 1. The summed E-state index contributed by atoms with van der Waals surface area (Å²) in [6.45, 7) is 2.04. The van der Waals surface area contributed by atoms with Gasteiger partial charge in [-0.15, -0.1) is 0 Å². The Morgan fingerprint density at radius 1 is 0.857 bits per heavy atom. The average Bonchev–Trinajstić information content (AvgIpc) is 2.71. The lowest BCUT2D eigenvalue weighted by atomic mass is 10.1. The van der Waals surface area contributed by atoms with E-state index in [1.807, 2.05) is 85.8 Å². The van der Waals surface area contributed by atoms with Crippen molar-refractivity contribution in [2.24, 2.45) is 0 Å². The van der Waals surface area contributed by atoms with E-state index in [9.17, 15) is 4.79 Å². The Labute approximate surface area is 164 Å². The second-order valence-corrected chi connectivity index (χ2v) is 6.79. The van der Waals surface area contributed by atoms with Gasteiger partial charge in [0.05, 0.1) is 17.6 Å². The van der Waals surface area contributed by atoms with Crippen molar-refractivity contribution >= 4 is 33.9 Å². The first-order valence-corrected chi connectivity index (χ1v) is 9.24. The normalized spacial score (nSPS) is 10.6. The van der Waals surface area contributed by atoms with Crippen molar-refractivity contribution in [3.63, 3.8) is 0 Å². The van der Waals surface area contributed by atoms with Crippen LogP contribution in [0.25, 0.3) is 10.9 Å². The summed E-state index contributed by atoms with van der Waals surface area (Å²) in [5, 5.41) is 7.43. The second kappa shape index (κ2) is 7.92. The van der Waals surface area contributed by atoms with Gasteiger partial charge in [-0.1, -0.05) is 48.0 Å². The Bertz CT molecular complexity index is 1100. The quantitative estimate of drug-likeness (QED) is 0.492. The highest BCUT2D eigenvalue weighted by atomic mass is 16.1. The van der Waals surface area contributed by atoms with Gasteiger partial charge >= 0.3 is 0 Å². The third kappa shape index (κ3) is 4.18. The van der Waals surface area contributed by atoms with E-state index in [1.165, 1.54) is 5.56 Å². The summed E-state index contributed by atoms with van der Waals surface area (Å²) < 4.78 is 0. The lowest BCUT2D eigenvalue weighted by molar-refractivity contribution is -0.115. The first-order valence-electron chi connectivity index (χ1n) is 9.24. The summed E-state index contributed by atoms with van der Waals surface area (Å²) in [6, 6.07) is 25.7. The molecule has 2 N–H and O–H groups in total. The van der Waals surface area contributed by atoms with E-state index >= 15 is 0 Å². The average molecular weight is 367 g/mol. The van der Waals surface area contributed by atoms with Gasteiger partial charge < -0.3 is 10.6 Å². The molecule has 1 heterocycles. The van der Waals surface area contributed by atoms with E-state index in [4.69, 9.17) is 0 Å². The summed E-state index contributed by atoms with van der Waals surface area (Å²) in [7, 11) is 0. The molecule has 0 radical (unpaired) electrons. The molecule has 0 fully saturated rings.